The third kappa shape index (κ3) is 11.2. The lowest BCUT2D eigenvalue weighted by atomic mass is 9.89. The van der Waals surface area contributed by atoms with Crippen molar-refractivity contribution in [1.82, 2.24) is 10.2 Å². The molecule has 4 atom stereocenters. The van der Waals surface area contributed by atoms with Crippen LogP contribution < -0.4 is 15.4 Å². The minimum atomic E-state index is -0.619. The predicted molar refractivity (Wildman–Crippen MR) is 241 cm³/mol. The number of aliphatic hydroxyl groups is 1. The van der Waals surface area contributed by atoms with Crippen molar-refractivity contribution < 1.29 is 24.1 Å². The predicted octanol–water partition coefficient (Wildman–Crippen LogP) is 11.5. The number of anilines is 1. The molecule has 1 aliphatic heterocycles. The van der Waals surface area contributed by atoms with Crippen LogP contribution in [0.25, 0.3) is 11.1 Å². The van der Waals surface area contributed by atoms with Gasteiger partial charge in [-0.2, -0.15) is 0 Å². The summed E-state index contributed by atoms with van der Waals surface area (Å²) in [5.74, 6) is 1.47. The largest absolute Gasteiger partial charge is 0.457 e. The molecule has 2 amide bonds. The highest BCUT2D eigenvalue weighted by Crippen LogP contribution is 2.42. The number of rotatable bonds is 15. The summed E-state index contributed by atoms with van der Waals surface area (Å²) in [5.41, 5.74) is 8.99. The van der Waals surface area contributed by atoms with E-state index in [0.29, 0.717) is 24.5 Å². The Kier molecular flexibility index (Phi) is 13.6. The van der Waals surface area contributed by atoms with Crippen LogP contribution in [-0.4, -0.2) is 28.7 Å². The summed E-state index contributed by atoms with van der Waals surface area (Å²) < 4.78 is 19.7. The van der Waals surface area contributed by atoms with E-state index in [-0.39, 0.29) is 30.8 Å². The summed E-state index contributed by atoms with van der Waals surface area (Å²) in [6, 6.07) is 62.3. The van der Waals surface area contributed by atoms with E-state index in [1.165, 1.54) is 11.1 Å². The summed E-state index contributed by atoms with van der Waals surface area (Å²) in [6.07, 6.45) is -1.01. The second-order valence-corrected chi connectivity index (χ2v) is 15.5. The number of hydrogen-bond acceptors (Lipinski definition) is 6. The molecule has 61 heavy (non-hydrogen) atoms. The first-order chi connectivity index (χ1) is 30.0. The van der Waals surface area contributed by atoms with Gasteiger partial charge in [0.05, 0.1) is 18.8 Å². The van der Waals surface area contributed by atoms with Crippen LogP contribution in [0.2, 0.25) is 0 Å². The standard InChI is InChI=1S/C53H51N3O5/c1-38-50(36-56(34-39-13-5-2-6-14-39)35-40-15-7-3-8-16-40)60-52(61-51(38)43-25-23-41(37-57)24-26-43)46-20-12-19-45(32-46)44-18-11-17-42(31-44)33-54-53(58)55-47-27-29-49(30-28-47)59-48-21-9-4-10-22-48/h2-32,38,50-52,57H,33-37H2,1H3,(H2,54,55,58)/t38-,50+,51+,52+/m0/s1. The number of para-hydroxylation sites is 1. The van der Waals surface area contributed by atoms with E-state index >= 15 is 0 Å². The van der Waals surface area contributed by atoms with Crippen LogP contribution in [0.3, 0.4) is 0 Å². The molecule has 0 unspecified atom stereocenters. The highest BCUT2D eigenvalue weighted by Gasteiger charge is 2.39. The zero-order chi connectivity index (χ0) is 41.8. The maximum absolute atomic E-state index is 12.9. The van der Waals surface area contributed by atoms with Crippen molar-refractivity contribution in [2.45, 2.75) is 51.7 Å². The SMILES string of the molecule is C[C@H]1[C@@H](CN(Cc2ccccc2)Cc2ccccc2)O[C@@H](c2cccc(-c3cccc(CNC(=O)Nc4ccc(Oc5ccccc5)cc4)c3)c2)O[C@H]1c1ccc(CO)cc1. The Labute approximate surface area is 358 Å². The molecule has 0 radical (unpaired) electrons. The van der Waals surface area contributed by atoms with Crippen LogP contribution in [0.5, 0.6) is 11.5 Å². The molecule has 308 valence electrons. The van der Waals surface area contributed by atoms with Gasteiger partial charge in [0, 0.05) is 43.3 Å². The molecule has 8 nitrogen and oxygen atoms in total. The van der Waals surface area contributed by atoms with Crippen molar-refractivity contribution in [2.24, 2.45) is 5.92 Å². The third-order valence-electron chi connectivity index (χ3n) is 11.0. The maximum Gasteiger partial charge on any atom is 0.319 e. The second-order valence-electron chi connectivity index (χ2n) is 15.5. The number of hydrogen-bond donors (Lipinski definition) is 3. The van der Waals surface area contributed by atoms with Crippen molar-refractivity contribution in [3.05, 3.63) is 221 Å². The van der Waals surface area contributed by atoms with E-state index in [0.717, 1.165) is 52.2 Å². The van der Waals surface area contributed by atoms with E-state index in [1.54, 1.807) is 0 Å². The van der Waals surface area contributed by atoms with Crippen LogP contribution >= 0.6 is 0 Å². The van der Waals surface area contributed by atoms with Gasteiger partial charge in [0.1, 0.15) is 11.5 Å². The van der Waals surface area contributed by atoms with Crippen LogP contribution in [-0.2, 0) is 35.7 Å². The van der Waals surface area contributed by atoms with Gasteiger partial charge in [-0.05, 0) is 87.5 Å². The molecule has 1 aliphatic rings. The Bertz CT molecular complexity index is 2410. The van der Waals surface area contributed by atoms with Gasteiger partial charge in [-0.3, -0.25) is 4.90 Å². The summed E-state index contributed by atoms with van der Waals surface area (Å²) >= 11 is 0. The molecule has 1 fully saturated rings. The lowest BCUT2D eigenvalue weighted by molar-refractivity contribution is -0.276. The Morgan fingerprint density at radius 1 is 0.607 bits per heavy atom. The Morgan fingerprint density at radius 2 is 1.20 bits per heavy atom. The van der Waals surface area contributed by atoms with Crippen LogP contribution in [0, 0.1) is 5.92 Å². The molecular weight excluding hydrogens is 759 g/mol. The Morgan fingerprint density at radius 3 is 1.85 bits per heavy atom. The van der Waals surface area contributed by atoms with Crippen LogP contribution in [0.15, 0.2) is 188 Å². The summed E-state index contributed by atoms with van der Waals surface area (Å²) in [4.78, 5) is 15.4. The fourth-order valence-electron chi connectivity index (χ4n) is 7.77. The number of nitrogens with zero attached hydrogens (tertiary/aromatic N) is 1. The summed E-state index contributed by atoms with van der Waals surface area (Å²) in [6.45, 7) is 4.81. The topological polar surface area (TPSA) is 92.3 Å². The first kappa shape index (κ1) is 41.2. The van der Waals surface area contributed by atoms with Crippen LogP contribution in [0.1, 0.15) is 52.7 Å². The maximum atomic E-state index is 12.9. The number of benzene rings is 7. The molecule has 7 aromatic carbocycles. The van der Waals surface area contributed by atoms with E-state index < -0.39 is 6.29 Å². The number of aliphatic hydroxyl groups excluding tert-OH is 1. The fraction of sp³-hybridized carbons (Fsp3) is 0.189. The molecule has 8 rings (SSSR count). The molecule has 3 N–H and O–H groups in total. The summed E-state index contributed by atoms with van der Waals surface area (Å²) in [5, 5.41) is 15.7. The zero-order valence-electron chi connectivity index (χ0n) is 34.3. The van der Waals surface area contributed by atoms with Gasteiger partial charge >= 0.3 is 6.03 Å². The van der Waals surface area contributed by atoms with Gasteiger partial charge in [0.2, 0.25) is 0 Å². The number of ether oxygens (including phenoxy) is 3. The lowest BCUT2D eigenvalue weighted by Crippen LogP contribution is -2.44. The number of carbonyl (C=O) groups is 1. The molecule has 7 aromatic rings. The zero-order valence-corrected chi connectivity index (χ0v) is 34.3. The quantitative estimate of drug-likeness (QED) is 0.0955. The average molecular weight is 810 g/mol. The van der Waals surface area contributed by atoms with Crippen molar-refractivity contribution in [3.8, 4) is 22.6 Å². The molecule has 0 bridgehead atoms. The molecule has 0 spiro atoms. The van der Waals surface area contributed by atoms with Crippen molar-refractivity contribution >= 4 is 11.7 Å². The van der Waals surface area contributed by atoms with E-state index in [1.807, 2.05) is 84.9 Å². The smallest absolute Gasteiger partial charge is 0.319 e. The van der Waals surface area contributed by atoms with Gasteiger partial charge in [0.15, 0.2) is 6.29 Å². The van der Waals surface area contributed by atoms with E-state index in [9.17, 15) is 9.90 Å². The molecular formula is C53H51N3O5. The molecule has 0 aliphatic carbocycles. The van der Waals surface area contributed by atoms with E-state index in [2.05, 4.69) is 126 Å². The second kappa shape index (κ2) is 20.1. The molecule has 1 saturated heterocycles. The molecule has 1 heterocycles. The Hall–Kier alpha value is -6.55. The normalized spacial score (nSPS) is 17.4. The first-order valence-electron chi connectivity index (χ1n) is 20.8. The number of amides is 2. The monoisotopic (exact) mass is 809 g/mol. The third-order valence-corrected chi connectivity index (χ3v) is 11.0. The van der Waals surface area contributed by atoms with Crippen molar-refractivity contribution in [2.75, 3.05) is 11.9 Å². The van der Waals surface area contributed by atoms with Gasteiger partial charge in [-0.15, -0.1) is 0 Å². The van der Waals surface area contributed by atoms with Crippen molar-refractivity contribution in [1.29, 1.82) is 0 Å². The average Bonchev–Trinajstić information content (AvgIpc) is 3.31. The highest BCUT2D eigenvalue weighted by molar-refractivity contribution is 5.89. The lowest BCUT2D eigenvalue weighted by Gasteiger charge is -2.43. The first-order valence-corrected chi connectivity index (χ1v) is 20.8. The molecule has 8 heteroatoms. The van der Waals surface area contributed by atoms with Gasteiger partial charge in [0.25, 0.3) is 0 Å². The van der Waals surface area contributed by atoms with Gasteiger partial charge in [-0.25, -0.2) is 4.79 Å². The molecule has 0 aromatic heterocycles. The highest BCUT2D eigenvalue weighted by atomic mass is 16.7. The number of carbonyl (C=O) groups excluding carboxylic acids is 1. The van der Waals surface area contributed by atoms with Crippen molar-refractivity contribution in [3.63, 3.8) is 0 Å². The van der Waals surface area contributed by atoms with E-state index in [4.69, 9.17) is 14.2 Å². The Balaban J connectivity index is 0.973. The fourth-order valence-corrected chi connectivity index (χ4v) is 7.77. The number of nitrogens with one attached hydrogen (secondary N) is 2. The van der Waals surface area contributed by atoms with Crippen LogP contribution in [0.4, 0.5) is 10.5 Å². The van der Waals surface area contributed by atoms with Gasteiger partial charge in [-0.1, -0.05) is 146 Å². The molecule has 0 saturated carbocycles. The number of urea groups is 1. The minimum absolute atomic E-state index is 0.0125. The minimum Gasteiger partial charge on any atom is -0.457 e. The summed E-state index contributed by atoms with van der Waals surface area (Å²) in [7, 11) is 0. The van der Waals surface area contributed by atoms with Gasteiger partial charge < -0.3 is 30.0 Å².